The SMILES string of the molecule is CCCCCC1CCC(CCc2ccc(OC(=O)CCC)c(C)c2)CC1. The molecule has 146 valence electrons. The van der Waals surface area contributed by atoms with Gasteiger partial charge in [0.2, 0.25) is 0 Å². The van der Waals surface area contributed by atoms with Crippen LogP contribution in [0.2, 0.25) is 0 Å². The van der Waals surface area contributed by atoms with Crippen LogP contribution in [-0.4, -0.2) is 5.97 Å². The maximum atomic E-state index is 11.7. The summed E-state index contributed by atoms with van der Waals surface area (Å²) in [5, 5.41) is 0. The topological polar surface area (TPSA) is 26.3 Å². The first-order chi connectivity index (χ1) is 12.6. The zero-order valence-electron chi connectivity index (χ0n) is 17.2. The Kier molecular flexibility index (Phi) is 9.22. The van der Waals surface area contributed by atoms with Crippen LogP contribution in [0.1, 0.15) is 95.6 Å². The van der Waals surface area contributed by atoms with Crippen LogP contribution in [-0.2, 0) is 11.2 Å². The van der Waals surface area contributed by atoms with Crippen molar-refractivity contribution in [1.82, 2.24) is 0 Å². The number of hydrogen-bond acceptors (Lipinski definition) is 2. The fraction of sp³-hybridized carbons (Fsp3) is 0.708. The predicted octanol–water partition coefficient (Wildman–Crippen LogP) is 7.02. The van der Waals surface area contributed by atoms with Gasteiger partial charge in [0.25, 0.3) is 0 Å². The molecule has 0 amide bonds. The van der Waals surface area contributed by atoms with Crippen molar-refractivity contribution in [2.24, 2.45) is 11.8 Å². The minimum atomic E-state index is -0.126. The van der Waals surface area contributed by atoms with E-state index in [4.69, 9.17) is 4.74 Å². The Hall–Kier alpha value is -1.31. The van der Waals surface area contributed by atoms with Crippen LogP contribution in [0.25, 0.3) is 0 Å². The minimum Gasteiger partial charge on any atom is -0.426 e. The fourth-order valence-electron chi connectivity index (χ4n) is 4.22. The molecular formula is C24H38O2. The Morgan fingerprint density at radius 2 is 1.69 bits per heavy atom. The van der Waals surface area contributed by atoms with Crippen LogP contribution in [0.3, 0.4) is 0 Å². The summed E-state index contributed by atoms with van der Waals surface area (Å²) in [7, 11) is 0. The van der Waals surface area contributed by atoms with Gasteiger partial charge in [-0.15, -0.1) is 0 Å². The minimum absolute atomic E-state index is 0.126. The number of benzene rings is 1. The molecule has 1 aliphatic carbocycles. The summed E-state index contributed by atoms with van der Waals surface area (Å²) in [6, 6.07) is 6.31. The molecule has 0 aliphatic heterocycles. The van der Waals surface area contributed by atoms with Crippen molar-refractivity contribution in [3.8, 4) is 5.75 Å². The number of hydrogen-bond donors (Lipinski definition) is 0. The third-order valence-electron chi connectivity index (χ3n) is 5.94. The van der Waals surface area contributed by atoms with E-state index in [1.807, 2.05) is 19.9 Å². The molecule has 1 aromatic carbocycles. The molecule has 1 fully saturated rings. The highest BCUT2D eigenvalue weighted by Crippen LogP contribution is 2.34. The summed E-state index contributed by atoms with van der Waals surface area (Å²) in [4.78, 5) is 11.7. The third-order valence-corrected chi connectivity index (χ3v) is 5.94. The molecule has 1 aromatic rings. The summed E-state index contributed by atoms with van der Waals surface area (Å²) in [5.74, 6) is 2.50. The lowest BCUT2D eigenvalue weighted by atomic mass is 9.78. The second-order valence-electron chi connectivity index (χ2n) is 8.25. The van der Waals surface area contributed by atoms with Gasteiger partial charge in [-0.25, -0.2) is 0 Å². The molecule has 0 spiro atoms. The molecule has 0 bridgehead atoms. The van der Waals surface area contributed by atoms with Gasteiger partial charge in [-0.3, -0.25) is 4.79 Å². The molecule has 0 heterocycles. The average Bonchev–Trinajstić information content (AvgIpc) is 2.63. The summed E-state index contributed by atoms with van der Waals surface area (Å²) in [5.41, 5.74) is 2.45. The summed E-state index contributed by atoms with van der Waals surface area (Å²) >= 11 is 0. The molecule has 0 saturated heterocycles. The maximum absolute atomic E-state index is 11.7. The fourth-order valence-corrected chi connectivity index (χ4v) is 4.22. The summed E-state index contributed by atoms with van der Waals surface area (Å²) in [6.07, 6.45) is 15.1. The van der Waals surface area contributed by atoms with Gasteiger partial charge in [-0.1, -0.05) is 77.3 Å². The van der Waals surface area contributed by atoms with Crippen molar-refractivity contribution in [3.05, 3.63) is 29.3 Å². The van der Waals surface area contributed by atoms with E-state index in [9.17, 15) is 4.79 Å². The first-order valence-corrected chi connectivity index (χ1v) is 10.9. The number of esters is 1. The molecule has 2 nitrogen and oxygen atoms in total. The molecule has 26 heavy (non-hydrogen) atoms. The molecule has 0 radical (unpaired) electrons. The molecule has 0 atom stereocenters. The lowest BCUT2D eigenvalue weighted by Gasteiger charge is -2.28. The van der Waals surface area contributed by atoms with Gasteiger partial charge < -0.3 is 4.74 Å². The Morgan fingerprint density at radius 3 is 2.31 bits per heavy atom. The van der Waals surface area contributed by atoms with Crippen molar-refractivity contribution < 1.29 is 9.53 Å². The highest BCUT2D eigenvalue weighted by atomic mass is 16.5. The van der Waals surface area contributed by atoms with E-state index in [2.05, 4.69) is 19.1 Å². The molecule has 2 heteroatoms. The van der Waals surface area contributed by atoms with Gasteiger partial charge in [-0.05, 0) is 55.2 Å². The monoisotopic (exact) mass is 358 g/mol. The van der Waals surface area contributed by atoms with Crippen LogP contribution >= 0.6 is 0 Å². The maximum Gasteiger partial charge on any atom is 0.311 e. The first-order valence-electron chi connectivity index (χ1n) is 10.9. The summed E-state index contributed by atoms with van der Waals surface area (Å²) < 4.78 is 5.45. The van der Waals surface area contributed by atoms with Crippen LogP contribution in [0, 0.1) is 18.8 Å². The highest BCUT2D eigenvalue weighted by Gasteiger charge is 2.20. The van der Waals surface area contributed by atoms with Gasteiger partial charge in [-0.2, -0.15) is 0 Å². The van der Waals surface area contributed by atoms with Crippen LogP contribution in [0.4, 0.5) is 0 Å². The van der Waals surface area contributed by atoms with Crippen molar-refractivity contribution >= 4 is 5.97 Å². The standard InChI is InChI=1S/C24H38O2/c1-4-6-7-9-20-10-12-21(13-11-20)14-15-22-16-17-23(19(3)18-22)26-24(25)8-5-2/h16-18,20-21H,4-15H2,1-3H3. The molecule has 2 rings (SSSR count). The van der Waals surface area contributed by atoms with E-state index in [0.29, 0.717) is 6.42 Å². The predicted molar refractivity (Wildman–Crippen MR) is 110 cm³/mol. The number of carbonyl (C=O) groups is 1. The Balaban J connectivity index is 1.73. The zero-order chi connectivity index (χ0) is 18.8. The molecule has 0 aromatic heterocycles. The molecule has 0 N–H and O–H groups in total. The second kappa shape index (κ2) is 11.4. The van der Waals surface area contributed by atoms with Crippen LogP contribution < -0.4 is 4.74 Å². The highest BCUT2D eigenvalue weighted by molar-refractivity contribution is 5.72. The first kappa shape index (κ1) is 21.0. The zero-order valence-corrected chi connectivity index (χ0v) is 17.2. The van der Waals surface area contributed by atoms with Gasteiger partial charge >= 0.3 is 5.97 Å². The van der Waals surface area contributed by atoms with Crippen molar-refractivity contribution in [2.75, 3.05) is 0 Å². The molecule has 1 aliphatic rings. The lowest BCUT2D eigenvalue weighted by Crippen LogP contribution is -2.15. The third kappa shape index (κ3) is 7.13. The second-order valence-corrected chi connectivity index (χ2v) is 8.25. The molecule has 1 saturated carbocycles. The van der Waals surface area contributed by atoms with Gasteiger partial charge in [0.05, 0.1) is 0 Å². The van der Waals surface area contributed by atoms with Crippen LogP contribution in [0.5, 0.6) is 5.75 Å². The largest absolute Gasteiger partial charge is 0.426 e. The molecular weight excluding hydrogens is 320 g/mol. The quantitative estimate of drug-likeness (QED) is 0.255. The van der Waals surface area contributed by atoms with E-state index in [-0.39, 0.29) is 5.97 Å². The summed E-state index contributed by atoms with van der Waals surface area (Å²) in [6.45, 7) is 6.33. The van der Waals surface area contributed by atoms with Crippen molar-refractivity contribution in [3.63, 3.8) is 0 Å². The molecule has 0 unspecified atom stereocenters. The Morgan fingerprint density at radius 1 is 1.00 bits per heavy atom. The van der Waals surface area contributed by atoms with Gasteiger partial charge in [0.1, 0.15) is 5.75 Å². The van der Waals surface area contributed by atoms with E-state index in [1.54, 1.807) is 0 Å². The number of carbonyl (C=O) groups excluding carboxylic acids is 1. The van der Waals surface area contributed by atoms with Crippen molar-refractivity contribution in [2.45, 2.75) is 97.8 Å². The van der Waals surface area contributed by atoms with E-state index >= 15 is 0 Å². The number of ether oxygens (including phenoxy) is 1. The van der Waals surface area contributed by atoms with Gasteiger partial charge in [0, 0.05) is 6.42 Å². The van der Waals surface area contributed by atoms with Crippen LogP contribution in [0.15, 0.2) is 18.2 Å². The van der Waals surface area contributed by atoms with E-state index in [1.165, 1.54) is 63.4 Å². The van der Waals surface area contributed by atoms with Gasteiger partial charge in [0.15, 0.2) is 0 Å². The average molecular weight is 359 g/mol. The number of aryl methyl sites for hydroxylation is 2. The Bertz CT molecular complexity index is 541. The number of rotatable bonds is 10. The Labute approximate surface area is 160 Å². The van der Waals surface area contributed by atoms with E-state index < -0.39 is 0 Å². The van der Waals surface area contributed by atoms with E-state index in [0.717, 1.165) is 36.0 Å². The lowest BCUT2D eigenvalue weighted by molar-refractivity contribution is -0.134. The normalized spacial score (nSPS) is 20.1. The smallest absolute Gasteiger partial charge is 0.311 e. The van der Waals surface area contributed by atoms with Crippen molar-refractivity contribution in [1.29, 1.82) is 0 Å². The number of unbranched alkanes of at least 4 members (excludes halogenated alkanes) is 2.